The van der Waals surface area contributed by atoms with Gasteiger partial charge in [-0.2, -0.15) is 17.0 Å². The fourth-order valence-electron chi connectivity index (χ4n) is 5.05. The molecular formula is C21H41N5O3S. The molecule has 1 amide bonds. The van der Waals surface area contributed by atoms with E-state index >= 15 is 0 Å². The van der Waals surface area contributed by atoms with Gasteiger partial charge in [0.25, 0.3) is 10.2 Å². The lowest BCUT2D eigenvalue weighted by Crippen LogP contribution is -2.53. The zero-order valence-electron chi connectivity index (χ0n) is 19.1. The third kappa shape index (κ3) is 6.38. The number of likely N-dealkylation sites (N-methyl/N-ethyl adjacent to an activating group) is 1. The van der Waals surface area contributed by atoms with Gasteiger partial charge in [0, 0.05) is 58.9 Å². The summed E-state index contributed by atoms with van der Waals surface area (Å²) in [6.45, 7) is 12.3. The Hall–Kier alpha value is -0.740. The van der Waals surface area contributed by atoms with Crippen LogP contribution in [0.15, 0.2) is 0 Å². The zero-order valence-corrected chi connectivity index (χ0v) is 19.9. The Bertz CT molecular complexity index is 656. The summed E-state index contributed by atoms with van der Waals surface area (Å²) >= 11 is 0. The summed E-state index contributed by atoms with van der Waals surface area (Å²) in [6, 6.07) is 0. The Morgan fingerprint density at radius 2 is 1.63 bits per heavy atom. The van der Waals surface area contributed by atoms with E-state index < -0.39 is 10.2 Å². The molecule has 0 aliphatic carbocycles. The van der Waals surface area contributed by atoms with Crippen LogP contribution in [-0.4, -0.2) is 105 Å². The molecule has 3 unspecified atom stereocenters. The average Bonchev–Trinajstić information content (AvgIpc) is 2.71. The Morgan fingerprint density at radius 3 is 2.30 bits per heavy atom. The second-order valence-electron chi connectivity index (χ2n) is 9.76. The van der Waals surface area contributed by atoms with Crippen LogP contribution in [0.3, 0.4) is 0 Å². The minimum Gasteiger partial charge on any atom is -0.356 e. The molecule has 0 spiro atoms. The van der Waals surface area contributed by atoms with E-state index in [1.165, 1.54) is 0 Å². The SMILES string of the molecule is CC1CC(C)CN(S(=O)(=O)N2CCCC(C(=O)NCCCN3CCN(C)CC3)C2)C1. The first-order chi connectivity index (χ1) is 14.3. The van der Waals surface area contributed by atoms with Crippen molar-refractivity contribution in [1.82, 2.24) is 23.7 Å². The van der Waals surface area contributed by atoms with Crippen LogP contribution in [0.25, 0.3) is 0 Å². The maximum atomic E-state index is 13.2. The van der Waals surface area contributed by atoms with Crippen LogP contribution < -0.4 is 5.32 Å². The zero-order chi connectivity index (χ0) is 21.7. The van der Waals surface area contributed by atoms with E-state index in [9.17, 15) is 13.2 Å². The predicted molar refractivity (Wildman–Crippen MR) is 119 cm³/mol. The largest absolute Gasteiger partial charge is 0.356 e. The Balaban J connectivity index is 1.44. The molecule has 0 aromatic rings. The van der Waals surface area contributed by atoms with Crippen molar-refractivity contribution in [3.05, 3.63) is 0 Å². The van der Waals surface area contributed by atoms with Crippen molar-refractivity contribution in [2.24, 2.45) is 17.8 Å². The normalized spacial score (nSPS) is 31.0. The third-order valence-corrected chi connectivity index (χ3v) is 8.72. The molecule has 3 rings (SSSR count). The van der Waals surface area contributed by atoms with Gasteiger partial charge in [-0.25, -0.2) is 0 Å². The van der Waals surface area contributed by atoms with Crippen molar-refractivity contribution in [3.63, 3.8) is 0 Å². The summed E-state index contributed by atoms with van der Waals surface area (Å²) in [4.78, 5) is 17.5. The monoisotopic (exact) mass is 443 g/mol. The Morgan fingerprint density at radius 1 is 0.967 bits per heavy atom. The van der Waals surface area contributed by atoms with Crippen LogP contribution in [0.5, 0.6) is 0 Å². The minimum atomic E-state index is -3.49. The fourth-order valence-corrected chi connectivity index (χ4v) is 6.99. The number of carbonyl (C=O) groups excluding carboxylic acids is 1. The fraction of sp³-hybridized carbons (Fsp3) is 0.952. The number of carbonyl (C=O) groups is 1. The van der Waals surface area contributed by atoms with Gasteiger partial charge in [0.2, 0.25) is 5.91 Å². The standard InChI is InChI=1S/C21H41N5O3S/c1-18-14-19(2)16-26(15-18)30(28,29)25-9-4-6-20(17-25)21(27)22-7-5-8-24-12-10-23(3)11-13-24/h18-20H,4-17H2,1-3H3,(H,22,27). The Labute approximate surface area is 183 Å². The molecule has 1 N–H and O–H groups in total. The summed E-state index contributed by atoms with van der Waals surface area (Å²) in [5, 5.41) is 3.06. The van der Waals surface area contributed by atoms with Crippen LogP contribution >= 0.6 is 0 Å². The van der Waals surface area contributed by atoms with Gasteiger partial charge in [-0.15, -0.1) is 0 Å². The van der Waals surface area contributed by atoms with E-state index in [-0.39, 0.29) is 11.8 Å². The molecular weight excluding hydrogens is 402 g/mol. The molecule has 0 radical (unpaired) electrons. The third-order valence-electron chi connectivity index (χ3n) is 6.79. The smallest absolute Gasteiger partial charge is 0.282 e. The van der Waals surface area contributed by atoms with Gasteiger partial charge in [0.15, 0.2) is 0 Å². The van der Waals surface area contributed by atoms with Gasteiger partial charge in [-0.1, -0.05) is 13.8 Å². The highest BCUT2D eigenvalue weighted by Gasteiger charge is 2.38. The number of nitrogens with zero attached hydrogens (tertiary/aromatic N) is 4. The first-order valence-corrected chi connectivity index (χ1v) is 13.1. The van der Waals surface area contributed by atoms with E-state index in [0.29, 0.717) is 44.6 Å². The van der Waals surface area contributed by atoms with Crippen molar-refractivity contribution in [2.75, 3.05) is 72.5 Å². The van der Waals surface area contributed by atoms with Crippen LogP contribution in [0.4, 0.5) is 0 Å². The molecule has 3 atom stereocenters. The lowest BCUT2D eigenvalue weighted by molar-refractivity contribution is -0.126. The van der Waals surface area contributed by atoms with Crippen LogP contribution in [0.1, 0.15) is 39.5 Å². The maximum absolute atomic E-state index is 13.2. The van der Waals surface area contributed by atoms with Gasteiger partial charge in [-0.3, -0.25) is 4.79 Å². The average molecular weight is 444 g/mol. The molecule has 0 saturated carbocycles. The highest BCUT2D eigenvalue weighted by Crippen LogP contribution is 2.27. The number of piperazine rings is 1. The molecule has 3 aliphatic rings. The summed E-state index contributed by atoms with van der Waals surface area (Å²) in [5.74, 6) is 0.533. The van der Waals surface area contributed by atoms with Gasteiger partial charge < -0.3 is 15.1 Å². The van der Waals surface area contributed by atoms with E-state index in [0.717, 1.165) is 58.4 Å². The van der Waals surface area contributed by atoms with Crippen molar-refractivity contribution in [2.45, 2.75) is 39.5 Å². The topological polar surface area (TPSA) is 76.2 Å². The van der Waals surface area contributed by atoms with Crippen molar-refractivity contribution in [3.8, 4) is 0 Å². The number of piperidine rings is 2. The number of rotatable bonds is 7. The van der Waals surface area contributed by atoms with Crippen LogP contribution in [-0.2, 0) is 15.0 Å². The number of hydrogen-bond donors (Lipinski definition) is 1. The first kappa shape index (κ1) is 23.9. The van der Waals surface area contributed by atoms with E-state index in [4.69, 9.17) is 0 Å². The molecule has 0 bridgehead atoms. The lowest BCUT2D eigenvalue weighted by Gasteiger charge is -2.39. The summed E-state index contributed by atoms with van der Waals surface area (Å²) in [5.41, 5.74) is 0. The number of nitrogens with one attached hydrogen (secondary N) is 1. The molecule has 3 saturated heterocycles. The first-order valence-electron chi connectivity index (χ1n) is 11.7. The van der Waals surface area contributed by atoms with E-state index in [1.807, 2.05) is 0 Å². The van der Waals surface area contributed by atoms with Crippen molar-refractivity contribution in [1.29, 1.82) is 0 Å². The summed E-state index contributed by atoms with van der Waals surface area (Å²) in [6.07, 6.45) is 3.53. The minimum absolute atomic E-state index is 0.00802. The predicted octanol–water partition coefficient (Wildman–Crippen LogP) is 0.675. The molecule has 8 nitrogen and oxygen atoms in total. The Kier molecular flexibility index (Phi) is 8.55. The summed E-state index contributed by atoms with van der Waals surface area (Å²) < 4.78 is 29.5. The maximum Gasteiger partial charge on any atom is 0.282 e. The quantitative estimate of drug-likeness (QED) is 0.586. The number of amides is 1. The lowest BCUT2D eigenvalue weighted by atomic mass is 9.94. The molecule has 9 heteroatoms. The second kappa shape index (κ2) is 10.7. The van der Waals surface area contributed by atoms with Crippen molar-refractivity contribution >= 4 is 16.1 Å². The molecule has 30 heavy (non-hydrogen) atoms. The van der Waals surface area contributed by atoms with E-state index in [1.54, 1.807) is 8.61 Å². The number of hydrogen-bond acceptors (Lipinski definition) is 5. The van der Waals surface area contributed by atoms with Crippen LogP contribution in [0.2, 0.25) is 0 Å². The molecule has 0 aromatic carbocycles. The van der Waals surface area contributed by atoms with Crippen LogP contribution in [0, 0.1) is 17.8 Å². The molecule has 3 fully saturated rings. The molecule has 3 aliphatic heterocycles. The highest BCUT2D eigenvalue weighted by molar-refractivity contribution is 7.86. The summed E-state index contributed by atoms with van der Waals surface area (Å²) in [7, 11) is -1.34. The molecule has 174 valence electrons. The van der Waals surface area contributed by atoms with Gasteiger partial charge in [0.1, 0.15) is 0 Å². The molecule has 0 aromatic heterocycles. The van der Waals surface area contributed by atoms with Gasteiger partial charge >= 0.3 is 0 Å². The second-order valence-corrected chi connectivity index (χ2v) is 11.7. The van der Waals surface area contributed by atoms with E-state index in [2.05, 4.69) is 36.0 Å². The van der Waals surface area contributed by atoms with Crippen molar-refractivity contribution < 1.29 is 13.2 Å². The van der Waals surface area contributed by atoms with Gasteiger partial charge in [-0.05, 0) is 51.1 Å². The van der Waals surface area contributed by atoms with Gasteiger partial charge in [0.05, 0.1) is 5.92 Å². The highest BCUT2D eigenvalue weighted by atomic mass is 32.2. The molecule has 3 heterocycles.